The molecule has 9 aromatic heterocycles. The fourth-order valence-corrected chi connectivity index (χ4v) is 14.0. The van der Waals surface area contributed by atoms with Gasteiger partial charge in [0.05, 0.1) is 45.0 Å². The molecule has 9 aromatic carbocycles. The second-order valence-electron chi connectivity index (χ2n) is 27.3. The van der Waals surface area contributed by atoms with Crippen LogP contribution in [0.25, 0.3) is 94.1 Å². The zero-order chi connectivity index (χ0) is 75.6. The summed E-state index contributed by atoms with van der Waals surface area (Å²) in [6.45, 7) is 12.1. The van der Waals surface area contributed by atoms with Crippen LogP contribution >= 0.6 is 15.9 Å². The number of aromatic amines is 1. The van der Waals surface area contributed by atoms with Crippen LogP contribution in [0.3, 0.4) is 0 Å². The van der Waals surface area contributed by atoms with Crippen LogP contribution in [0.2, 0.25) is 0 Å². The molecule has 558 valence electrons. The first kappa shape index (κ1) is 76.6. The van der Waals surface area contributed by atoms with Crippen molar-refractivity contribution in [3.05, 3.63) is 312 Å². The number of aryl methyl sites for hydroxylation is 6. The maximum Gasteiger partial charge on any atom is 2.00 e. The molecule has 0 aliphatic heterocycles. The van der Waals surface area contributed by atoms with Crippen LogP contribution in [0.15, 0.2) is 266 Å². The molecule has 1 N–H and O–H groups in total. The molecule has 18 rings (SSSR count). The Morgan fingerprint density at radius 1 is 0.360 bits per heavy atom. The standard InChI is InChI=1S/C30H27N5O.C30H25N5O.C23H19N3O.C7H9BrN2.CH4.Pt/c2*1-20-16-21(2)35(32-20)23-8-7-9-24(17-23)36-25-12-13-27-26-10-5-6-11-28(26)34(29(27)19-25)30-18-22(33(3)4)14-15-31-30;1-15-12-16(2)26(25-15)17-6-5-7-18(13-17)27-19-10-11-21-20-8-3-4-9-22(20)24-23(21)14-19;1-10(2)6-3-4-9-7(8)5-6;;/h5-19H,1-4H3;5-16,18H,1-4H3;3-14,24H,1-2H3;3-5H,1-2H3;1H4;/q;-2;;;;+2. The summed E-state index contributed by atoms with van der Waals surface area (Å²) in [5.74, 6) is 6.03. The van der Waals surface area contributed by atoms with Gasteiger partial charge in [-0.25, -0.2) is 24.3 Å². The Labute approximate surface area is 668 Å². The average molecular weight is 1710 g/mol. The van der Waals surface area contributed by atoms with Crippen LogP contribution in [-0.2, 0) is 21.1 Å². The second kappa shape index (κ2) is 33.1. The van der Waals surface area contributed by atoms with Crippen LogP contribution in [0, 0.1) is 53.7 Å². The number of aromatic nitrogens is 12. The number of fused-ring (bicyclic) bond motifs is 9. The molecule has 18 aromatic rings. The summed E-state index contributed by atoms with van der Waals surface area (Å²) >= 11 is 3.29. The molecule has 20 heteroatoms. The van der Waals surface area contributed by atoms with E-state index in [4.69, 9.17) is 24.2 Å². The van der Waals surface area contributed by atoms with Gasteiger partial charge in [-0.1, -0.05) is 79.7 Å². The Kier molecular flexibility index (Phi) is 22.8. The number of halogens is 1. The van der Waals surface area contributed by atoms with Gasteiger partial charge in [-0.2, -0.15) is 27.4 Å². The number of para-hydroxylation sites is 3. The maximum atomic E-state index is 6.36. The molecule has 0 spiro atoms. The quantitative estimate of drug-likeness (QED) is 0.0814. The average Bonchev–Trinajstić information content (AvgIpc) is 1.60. The Morgan fingerprint density at radius 3 is 1.37 bits per heavy atom. The van der Waals surface area contributed by atoms with Crippen molar-refractivity contribution < 1.29 is 35.3 Å². The van der Waals surface area contributed by atoms with E-state index >= 15 is 0 Å². The number of benzene rings is 9. The molecule has 0 aliphatic carbocycles. The minimum atomic E-state index is 0. The molecule has 0 amide bonds. The summed E-state index contributed by atoms with van der Waals surface area (Å²) in [6, 6.07) is 88.5. The fraction of sp³-hybridized carbons (Fsp3) is 0.143. The monoisotopic (exact) mass is 1710 g/mol. The van der Waals surface area contributed by atoms with Crippen LogP contribution in [0.5, 0.6) is 34.5 Å². The van der Waals surface area contributed by atoms with E-state index in [0.29, 0.717) is 11.5 Å². The summed E-state index contributed by atoms with van der Waals surface area (Å²) in [4.78, 5) is 23.1. The van der Waals surface area contributed by atoms with Gasteiger partial charge < -0.3 is 38.5 Å². The van der Waals surface area contributed by atoms with E-state index in [9.17, 15) is 0 Å². The predicted octanol–water partition coefficient (Wildman–Crippen LogP) is 21.7. The smallest absolute Gasteiger partial charge is 0.509 e. The molecule has 111 heavy (non-hydrogen) atoms. The molecule has 0 aliphatic rings. The minimum Gasteiger partial charge on any atom is -0.509 e. The molecule has 9 heterocycles. The van der Waals surface area contributed by atoms with Crippen LogP contribution < -0.4 is 28.9 Å². The van der Waals surface area contributed by atoms with Crippen molar-refractivity contribution in [1.29, 1.82) is 0 Å². The molecule has 0 unspecified atom stereocenters. The summed E-state index contributed by atoms with van der Waals surface area (Å²) in [5.41, 5.74) is 18.7. The molecule has 0 saturated heterocycles. The summed E-state index contributed by atoms with van der Waals surface area (Å²) in [5, 5.41) is 20.7. The summed E-state index contributed by atoms with van der Waals surface area (Å²) in [6.07, 6.45) is 5.47. The van der Waals surface area contributed by atoms with E-state index in [1.807, 2.05) is 235 Å². The van der Waals surface area contributed by atoms with Gasteiger partial charge in [0.15, 0.2) is 0 Å². The van der Waals surface area contributed by atoms with Crippen molar-refractivity contribution in [2.45, 2.75) is 49.0 Å². The zero-order valence-corrected chi connectivity index (χ0v) is 66.9. The van der Waals surface area contributed by atoms with E-state index in [-0.39, 0.29) is 28.5 Å². The summed E-state index contributed by atoms with van der Waals surface area (Å²) in [7, 11) is 12.1. The van der Waals surface area contributed by atoms with Crippen LogP contribution in [0.1, 0.15) is 41.6 Å². The summed E-state index contributed by atoms with van der Waals surface area (Å²) < 4.78 is 29.7. The van der Waals surface area contributed by atoms with Crippen molar-refractivity contribution >= 4 is 98.4 Å². The van der Waals surface area contributed by atoms with Crippen LogP contribution in [-0.4, -0.2) is 101 Å². The SMILES string of the molecule is C.CN(C)c1ccnc(Br)c1.Cc1cc(C)n(-c2[c-]c(Oc3[c-]c4c(cc3)c3ccccc3n4-c3cc(N(C)C)ccn3)ccc2)n1.Cc1cc(C)n(-c2cccc(Oc3ccc4c(c3)[nH]c3ccccc34)c2)n1.Cc1cc(C)n(-c2cccc(Oc3ccc4c5ccccc5n(-c5cc(N(C)C)ccn5)c4c3)c2)n1.[Pt+2]. The Balaban J connectivity index is 0.000000137. The van der Waals surface area contributed by atoms with Gasteiger partial charge in [-0.05, 0) is 178 Å². The first-order valence-corrected chi connectivity index (χ1v) is 36.5. The molecular formula is C91H84BrN15O3Pt. The fourth-order valence-electron chi connectivity index (χ4n) is 13.6. The molecule has 0 fully saturated rings. The van der Waals surface area contributed by atoms with Crippen LogP contribution in [0.4, 0.5) is 17.1 Å². The molecule has 18 nitrogen and oxygen atoms in total. The second-order valence-corrected chi connectivity index (χ2v) is 28.1. The number of H-pyrrole nitrogens is 1. The Morgan fingerprint density at radius 2 is 0.811 bits per heavy atom. The first-order chi connectivity index (χ1) is 52.8. The number of rotatable bonds is 14. The number of hydrogen-bond acceptors (Lipinski definition) is 12. The van der Waals surface area contributed by atoms with Gasteiger partial charge in [0, 0.05) is 175 Å². The third-order valence-corrected chi connectivity index (χ3v) is 19.1. The van der Waals surface area contributed by atoms with Gasteiger partial charge in [0.2, 0.25) is 0 Å². The number of ether oxygens (including phenoxy) is 3. The largest absolute Gasteiger partial charge is 2.00 e. The van der Waals surface area contributed by atoms with Crippen molar-refractivity contribution in [1.82, 2.24) is 58.4 Å². The third kappa shape index (κ3) is 16.6. The first-order valence-electron chi connectivity index (χ1n) is 35.8. The zero-order valence-electron chi connectivity index (χ0n) is 63.0. The molecule has 0 bridgehead atoms. The molecule has 0 atom stereocenters. The van der Waals surface area contributed by atoms with E-state index < -0.39 is 0 Å². The van der Waals surface area contributed by atoms with Crippen molar-refractivity contribution in [3.8, 4) is 63.2 Å². The maximum absolute atomic E-state index is 6.36. The van der Waals surface area contributed by atoms with Gasteiger partial charge in [-0.3, -0.25) is 9.25 Å². The number of nitrogens with one attached hydrogen (secondary N) is 1. The van der Waals surface area contributed by atoms with Gasteiger partial charge in [0.1, 0.15) is 39.2 Å². The normalized spacial score (nSPS) is 11.0. The van der Waals surface area contributed by atoms with E-state index in [0.717, 1.165) is 157 Å². The number of anilines is 3. The van der Waals surface area contributed by atoms with Crippen molar-refractivity contribution in [2.24, 2.45) is 0 Å². The van der Waals surface area contributed by atoms with E-state index in [1.54, 1.807) is 6.20 Å². The van der Waals surface area contributed by atoms with E-state index in [2.05, 4.69) is 195 Å². The molecular weight excluding hydrogens is 1630 g/mol. The number of pyridine rings is 3. The topological polar surface area (TPSA) is 155 Å². The van der Waals surface area contributed by atoms with E-state index in [1.165, 1.54) is 16.2 Å². The van der Waals surface area contributed by atoms with Gasteiger partial charge >= 0.3 is 21.1 Å². The minimum absolute atomic E-state index is 0. The number of hydrogen-bond donors (Lipinski definition) is 1. The van der Waals surface area contributed by atoms with Gasteiger partial charge in [-0.15, -0.1) is 35.7 Å². The third-order valence-electron chi connectivity index (χ3n) is 18.7. The Hall–Kier alpha value is -12.6. The molecule has 0 saturated carbocycles. The Bertz CT molecular complexity index is 6100. The molecule has 0 radical (unpaired) electrons. The van der Waals surface area contributed by atoms with Crippen molar-refractivity contribution in [3.63, 3.8) is 0 Å². The van der Waals surface area contributed by atoms with Crippen molar-refractivity contribution in [2.75, 3.05) is 57.0 Å². The predicted molar refractivity (Wildman–Crippen MR) is 452 cm³/mol. The van der Waals surface area contributed by atoms with Gasteiger partial charge in [0.25, 0.3) is 0 Å². The number of nitrogens with zero attached hydrogens (tertiary/aromatic N) is 14.